The minimum atomic E-state index is 0.594. The lowest BCUT2D eigenvalue weighted by Crippen LogP contribution is -2.05. The van der Waals surface area contributed by atoms with Gasteiger partial charge in [0, 0.05) is 36.3 Å². The van der Waals surface area contributed by atoms with Gasteiger partial charge in [0.15, 0.2) is 10.6 Å². The Hall–Kier alpha value is -2.28. The van der Waals surface area contributed by atoms with Crippen LogP contribution >= 0.6 is 12.2 Å². The van der Waals surface area contributed by atoms with Gasteiger partial charge in [-0.05, 0) is 38.2 Å². The molecule has 0 aliphatic rings. The molecule has 3 rings (SSSR count). The van der Waals surface area contributed by atoms with Crippen LogP contribution in [0.25, 0.3) is 11.4 Å². The highest BCUT2D eigenvalue weighted by molar-refractivity contribution is 7.71. The highest BCUT2D eigenvalue weighted by atomic mass is 32.1. The summed E-state index contributed by atoms with van der Waals surface area (Å²) in [6.07, 6.45) is 3.52. The summed E-state index contributed by atoms with van der Waals surface area (Å²) in [5, 5.41) is 11.6. The van der Waals surface area contributed by atoms with Gasteiger partial charge in [-0.3, -0.25) is 19.3 Å². The molecule has 0 bridgehead atoms. The molecule has 108 valence electrons. The maximum absolute atomic E-state index is 5.36. The first-order chi connectivity index (χ1) is 10.1. The molecule has 21 heavy (non-hydrogen) atoms. The summed E-state index contributed by atoms with van der Waals surface area (Å²) in [5.41, 5.74) is 4.24. The molecule has 0 saturated carbocycles. The normalized spacial score (nSPS) is 11.0. The summed E-state index contributed by atoms with van der Waals surface area (Å²) in [7, 11) is 1.95. The Morgan fingerprint density at radius 3 is 2.76 bits per heavy atom. The van der Waals surface area contributed by atoms with E-state index in [0.717, 1.165) is 22.8 Å². The fraction of sp³-hybridized carbons (Fsp3) is 0.286. The fourth-order valence-electron chi connectivity index (χ4n) is 2.38. The van der Waals surface area contributed by atoms with E-state index in [1.54, 1.807) is 12.4 Å². The molecule has 1 N–H and O–H groups in total. The molecule has 3 aromatic rings. The molecule has 0 fully saturated rings. The molecule has 7 heteroatoms. The highest BCUT2D eigenvalue weighted by Crippen LogP contribution is 2.20. The van der Waals surface area contributed by atoms with Crippen molar-refractivity contribution >= 4 is 12.2 Å². The van der Waals surface area contributed by atoms with Crippen LogP contribution in [-0.2, 0) is 13.6 Å². The largest absolute Gasteiger partial charge is 0.295 e. The zero-order valence-electron chi connectivity index (χ0n) is 12.2. The molecule has 0 amide bonds. The van der Waals surface area contributed by atoms with Gasteiger partial charge < -0.3 is 0 Å². The van der Waals surface area contributed by atoms with E-state index >= 15 is 0 Å². The van der Waals surface area contributed by atoms with Gasteiger partial charge >= 0.3 is 0 Å². The minimum Gasteiger partial charge on any atom is -0.295 e. The van der Waals surface area contributed by atoms with E-state index in [4.69, 9.17) is 12.2 Å². The van der Waals surface area contributed by atoms with Crippen LogP contribution in [0.3, 0.4) is 0 Å². The molecule has 6 nitrogen and oxygen atoms in total. The standard InChI is InChI=1S/C14H16N6S/c1-9-12(10(2)19(3)18-9)8-20-13(16-17-14(20)21)11-5-4-6-15-7-11/h4-7H,8H2,1-3H3,(H,17,21). The van der Waals surface area contributed by atoms with Crippen molar-refractivity contribution in [1.82, 2.24) is 29.5 Å². The maximum atomic E-state index is 5.36. The van der Waals surface area contributed by atoms with E-state index in [1.165, 1.54) is 5.56 Å². The predicted octanol–water partition coefficient (Wildman–Crippen LogP) is 2.40. The first kappa shape index (κ1) is 13.7. The summed E-state index contributed by atoms with van der Waals surface area (Å²) in [6.45, 7) is 4.71. The lowest BCUT2D eigenvalue weighted by molar-refractivity contribution is 0.726. The number of rotatable bonds is 3. The molecule has 0 unspecified atom stereocenters. The number of hydrogen-bond acceptors (Lipinski definition) is 4. The third-order valence-corrected chi connectivity index (χ3v) is 3.96. The molecule has 0 spiro atoms. The Morgan fingerprint density at radius 1 is 1.33 bits per heavy atom. The van der Waals surface area contributed by atoms with Crippen LogP contribution in [0, 0.1) is 18.6 Å². The SMILES string of the molecule is Cc1nn(C)c(C)c1Cn1c(-c2cccnc2)n[nH]c1=S. The summed E-state index contributed by atoms with van der Waals surface area (Å²) in [4.78, 5) is 4.14. The van der Waals surface area contributed by atoms with Gasteiger partial charge in [0.05, 0.1) is 12.2 Å². The maximum Gasteiger partial charge on any atom is 0.195 e. The Morgan fingerprint density at radius 2 is 2.14 bits per heavy atom. The Labute approximate surface area is 127 Å². The van der Waals surface area contributed by atoms with Crippen molar-refractivity contribution in [2.45, 2.75) is 20.4 Å². The van der Waals surface area contributed by atoms with E-state index in [-0.39, 0.29) is 0 Å². The smallest absolute Gasteiger partial charge is 0.195 e. The van der Waals surface area contributed by atoms with Gasteiger partial charge in [0.1, 0.15) is 0 Å². The Kier molecular flexibility index (Phi) is 3.42. The van der Waals surface area contributed by atoms with Crippen molar-refractivity contribution in [3.05, 3.63) is 46.2 Å². The lowest BCUT2D eigenvalue weighted by atomic mass is 10.2. The van der Waals surface area contributed by atoms with Gasteiger partial charge in [0.2, 0.25) is 0 Å². The average Bonchev–Trinajstić information content (AvgIpc) is 2.96. The van der Waals surface area contributed by atoms with Crippen molar-refractivity contribution in [2.24, 2.45) is 7.05 Å². The van der Waals surface area contributed by atoms with Gasteiger partial charge in [-0.25, -0.2) is 0 Å². The zero-order valence-corrected chi connectivity index (χ0v) is 13.0. The zero-order chi connectivity index (χ0) is 15.0. The van der Waals surface area contributed by atoms with Crippen LogP contribution in [0.1, 0.15) is 17.0 Å². The third-order valence-electron chi connectivity index (χ3n) is 3.65. The van der Waals surface area contributed by atoms with Crippen LogP contribution in [0.4, 0.5) is 0 Å². The molecular weight excluding hydrogens is 284 g/mol. The second-order valence-electron chi connectivity index (χ2n) is 4.95. The number of pyridine rings is 1. The highest BCUT2D eigenvalue weighted by Gasteiger charge is 2.14. The summed E-state index contributed by atoms with van der Waals surface area (Å²) in [6, 6.07) is 3.86. The monoisotopic (exact) mass is 300 g/mol. The summed E-state index contributed by atoms with van der Waals surface area (Å²) >= 11 is 5.36. The second-order valence-corrected chi connectivity index (χ2v) is 5.34. The van der Waals surface area contributed by atoms with E-state index in [2.05, 4.69) is 27.2 Å². The van der Waals surface area contributed by atoms with Crippen molar-refractivity contribution in [1.29, 1.82) is 0 Å². The average molecular weight is 300 g/mol. The Bertz CT molecular complexity index is 827. The number of nitrogens with zero attached hydrogens (tertiary/aromatic N) is 5. The van der Waals surface area contributed by atoms with Gasteiger partial charge in [-0.2, -0.15) is 10.2 Å². The number of aromatic nitrogens is 6. The minimum absolute atomic E-state index is 0.594. The molecule has 0 aliphatic carbocycles. The van der Waals surface area contributed by atoms with Gasteiger partial charge in [0.25, 0.3) is 0 Å². The quantitative estimate of drug-likeness (QED) is 0.754. The number of aromatic amines is 1. The van der Waals surface area contributed by atoms with Crippen LogP contribution in [0.15, 0.2) is 24.5 Å². The molecule has 0 saturated heterocycles. The molecule has 0 atom stereocenters. The first-order valence-corrected chi connectivity index (χ1v) is 7.03. The molecule has 0 aliphatic heterocycles. The van der Waals surface area contributed by atoms with Crippen LogP contribution in [-0.4, -0.2) is 29.5 Å². The van der Waals surface area contributed by atoms with Crippen LogP contribution in [0.5, 0.6) is 0 Å². The number of nitrogens with one attached hydrogen (secondary N) is 1. The van der Waals surface area contributed by atoms with Crippen molar-refractivity contribution in [3.8, 4) is 11.4 Å². The topological polar surface area (TPSA) is 64.3 Å². The summed E-state index contributed by atoms with van der Waals surface area (Å²) in [5.74, 6) is 0.788. The van der Waals surface area contributed by atoms with Crippen molar-refractivity contribution in [2.75, 3.05) is 0 Å². The number of H-pyrrole nitrogens is 1. The van der Waals surface area contributed by atoms with Crippen molar-refractivity contribution < 1.29 is 0 Å². The van der Waals surface area contributed by atoms with E-state index in [9.17, 15) is 0 Å². The third kappa shape index (κ3) is 2.40. The van der Waals surface area contributed by atoms with Gasteiger partial charge in [-0.1, -0.05) is 0 Å². The van der Waals surface area contributed by atoms with Crippen LogP contribution in [0.2, 0.25) is 0 Å². The Balaban J connectivity index is 2.08. The van der Waals surface area contributed by atoms with Crippen molar-refractivity contribution in [3.63, 3.8) is 0 Å². The summed E-state index contributed by atoms with van der Waals surface area (Å²) < 4.78 is 4.46. The van der Waals surface area contributed by atoms with Crippen LogP contribution < -0.4 is 0 Å². The number of hydrogen-bond donors (Lipinski definition) is 1. The molecular formula is C14H16N6S. The lowest BCUT2D eigenvalue weighted by Gasteiger charge is -2.07. The number of aryl methyl sites for hydroxylation is 2. The van der Waals surface area contributed by atoms with E-state index in [1.807, 2.05) is 35.4 Å². The molecule has 0 aromatic carbocycles. The second kappa shape index (κ2) is 5.25. The molecule has 3 aromatic heterocycles. The molecule has 3 heterocycles. The first-order valence-electron chi connectivity index (χ1n) is 6.62. The molecule has 0 radical (unpaired) electrons. The van der Waals surface area contributed by atoms with E-state index in [0.29, 0.717) is 11.3 Å². The van der Waals surface area contributed by atoms with Gasteiger partial charge in [-0.15, -0.1) is 0 Å². The predicted molar refractivity (Wildman–Crippen MR) is 82.4 cm³/mol. The van der Waals surface area contributed by atoms with E-state index < -0.39 is 0 Å². The fourth-order valence-corrected chi connectivity index (χ4v) is 2.58.